The van der Waals surface area contributed by atoms with Crippen LogP contribution in [0.4, 0.5) is 5.82 Å². The summed E-state index contributed by atoms with van der Waals surface area (Å²) in [6.45, 7) is 5.25. The van der Waals surface area contributed by atoms with E-state index in [0.717, 1.165) is 24.3 Å². The van der Waals surface area contributed by atoms with Crippen molar-refractivity contribution in [2.45, 2.75) is 32.4 Å². The van der Waals surface area contributed by atoms with Crippen LogP contribution in [-0.2, 0) is 0 Å². The van der Waals surface area contributed by atoms with Gasteiger partial charge in [-0.25, -0.2) is 9.97 Å². The molecule has 1 aliphatic rings. The number of aliphatic hydroxyl groups is 1. The van der Waals surface area contributed by atoms with Crippen LogP contribution in [0.5, 0.6) is 0 Å². The van der Waals surface area contributed by atoms with Gasteiger partial charge in [-0.15, -0.1) is 0 Å². The van der Waals surface area contributed by atoms with Crippen LogP contribution in [0.3, 0.4) is 0 Å². The predicted octanol–water partition coefficient (Wildman–Crippen LogP) is 1.25. The number of likely N-dealkylation sites (N-methyl/N-ethyl adjacent to an activating group) is 1. The topological polar surface area (TPSA) is 52.5 Å². The molecule has 0 radical (unpaired) electrons. The Morgan fingerprint density at radius 3 is 2.68 bits per heavy atom. The van der Waals surface area contributed by atoms with Crippen LogP contribution in [0, 0.1) is 13.8 Å². The molecule has 0 aromatic carbocycles. The van der Waals surface area contributed by atoms with Crippen molar-refractivity contribution in [2.24, 2.45) is 0 Å². The first-order chi connectivity index (χ1) is 8.88. The van der Waals surface area contributed by atoms with Gasteiger partial charge in [-0.2, -0.15) is 0 Å². The summed E-state index contributed by atoms with van der Waals surface area (Å²) in [6, 6.07) is 0.258. The van der Waals surface area contributed by atoms with E-state index >= 15 is 0 Å². The molecule has 0 bridgehead atoms. The van der Waals surface area contributed by atoms with Gasteiger partial charge in [-0.05, 0) is 34.4 Å². The molecule has 1 N–H and O–H groups in total. The highest BCUT2D eigenvalue weighted by molar-refractivity contribution is 6.30. The van der Waals surface area contributed by atoms with E-state index in [1.165, 1.54) is 0 Å². The molecular formula is C13H21ClN4O. The highest BCUT2D eigenvalue weighted by Crippen LogP contribution is 2.30. The minimum Gasteiger partial charge on any atom is -0.391 e. The van der Waals surface area contributed by atoms with E-state index in [0.29, 0.717) is 17.5 Å². The van der Waals surface area contributed by atoms with Gasteiger partial charge < -0.3 is 14.9 Å². The quantitative estimate of drug-likeness (QED) is 0.847. The van der Waals surface area contributed by atoms with Crippen molar-refractivity contribution in [3.8, 4) is 0 Å². The molecule has 19 heavy (non-hydrogen) atoms. The molecule has 2 rings (SSSR count). The van der Waals surface area contributed by atoms with Crippen LogP contribution in [0.1, 0.15) is 17.8 Å². The molecule has 0 saturated carbocycles. The Labute approximate surface area is 119 Å². The highest BCUT2D eigenvalue weighted by atomic mass is 35.5. The molecule has 1 aromatic heterocycles. The third-order valence-corrected chi connectivity index (χ3v) is 3.78. The zero-order valence-electron chi connectivity index (χ0n) is 11.9. The van der Waals surface area contributed by atoms with Gasteiger partial charge >= 0.3 is 0 Å². The maximum absolute atomic E-state index is 9.94. The summed E-state index contributed by atoms with van der Waals surface area (Å²) in [5.41, 5.74) is 0.880. The Balaban J connectivity index is 2.33. The molecule has 1 saturated heterocycles. The molecule has 0 amide bonds. The van der Waals surface area contributed by atoms with Gasteiger partial charge in [0.2, 0.25) is 0 Å². The molecule has 1 aliphatic heterocycles. The van der Waals surface area contributed by atoms with Gasteiger partial charge in [0, 0.05) is 24.7 Å². The second kappa shape index (κ2) is 5.61. The summed E-state index contributed by atoms with van der Waals surface area (Å²) in [5.74, 6) is 1.51. The van der Waals surface area contributed by atoms with Crippen molar-refractivity contribution in [2.75, 3.05) is 32.1 Å². The SMILES string of the molecule is Cc1nc(Cl)c(C)c(N2CC(O)CC2CN(C)C)n1. The predicted molar refractivity (Wildman–Crippen MR) is 76.8 cm³/mol. The van der Waals surface area contributed by atoms with Crippen LogP contribution in [-0.4, -0.2) is 59.3 Å². The number of aliphatic hydroxyl groups excluding tert-OH is 1. The normalized spacial score (nSPS) is 23.4. The Morgan fingerprint density at radius 1 is 1.37 bits per heavy atom. The van der Waals surface area contributed by atoms with E-state index < -0.39 is 0 Å². The highest BCUT2D eigenvalue weighted by Gasteiger charge is 2.33. The molecule has 0 aliphatic carbocycles. The van der Waals surface area contributed by atoms with E-state index in [1.54, 1.807) is 0 Å². The number of rotatable bonds is 3. The number of aromatic nitrogens is 2. The van der Waals surface area contributed by atoms with Gasteiger partial charge in [-0.1, -0.05) is 11.6 Å². The van der Waals surface area contributed by atoms with Gasteiger partial charge in [-0.3, -0.25) is 0 Å². The molecule has 2 unspecified atom stereocenters. The lowest BCUT2D eigenvalue weighted by molar-refractivity contribution is 0.191. The zero-order chi connectivity index (χ0) is 14.2. The van der Waals surface area contributed by atoms with Gasteiger partial charge in [0.05, 0.1) is 6.10 Å². The Hall–Kier alpha value is -0.910. The average molecular weight is 285 g/mol. The van der Waals surface area contributed by atoms with Crippen LogP contribution in [0.15, 0.2) is 0 Å². The number of nitrogens with zero attached hydrogens (tertiary/aromatic N) is 4. The molecule has 5 nitrogen and oxygen atoms in total. The summed E-state index contributed by atoms with van der Waals surface area (Å²) in [7, 11) is 4.07. The smallest absolute Gasteiger partial charge is 0.137 e. The third kappa shape index (κ3) is 3.16. The van der Waals surface area contributed by atoms with Gasteiger partial charge in [0.15, 0.2) is 0 Å². The van der Waals surface area contributed by atoms with E-state index in [2.05, 4.69) is 19.8 Å². The minimum absolute atomic E-state index is 0.258. The van der Waals surface area contributed by atoms with Crippen molar-refractivity contribution in [3.63, 3.8) is 0 Å². The second-order valence-corrected chi connectivity index (χ2v) is 5.83. The first kappa shape index (κ1) is 14.5. The Bertz CT molecular complexity index is 466. The van der Waals surface area contributed by atoms with Crippen molar-refractivity contribution in [3.05, 3.63) is 16.5 Å². The fourth-order valence-electron chi connectivity index (χ4n) is 2.61. The lowest BCUT2D eigenvalue weighted by atomic mass is 10.2. The fraction of sp³-hybridized carbons (Fsp3) is 0.692. The molecule has 2 heterocycles. The van der Waals surface area contributed by atoms with Gasteiger partial charge in [0.25, 0.3) is 0 Å². The molecule has 1 fully saturated rings. The lowest BCUT2D eigenvalue weighted by Gasteiger charge is -2.29. The van der Waals surface area contributed by atoms with Crippen LogP contribution in [0.25, 0.3) is 0 Å². The van der Waals surface area contributed by atoms with Crippen molar-refractivity contribution < 1.29 is 5.11 Å². The second-order valence-electron chi connectivity index (χ2n) is 5.47. The number of β-amino-alcohol motifs (C(OH)–C–C–N with tert-alkyl or cyclic N) is 1. The van der Waals surface area contributed by atoms with Crippen molar-refractivity contribution in [1.29, 1.82) is 0 Å². The van der Waals surface area contributed by atoms with E-state index in [-0.39, 0.29) is 12.1 Å². The number of aryl methyl sites for hydroxylation is 1. The summed E-state index contributed by atoms with van der Waals surface area (Å²) < 4.78 is 0. The summed E-state index contributed by atoms with van der Waals surface area (Å²) >= 11 is 6.14. The van der Waals surface area contributed by atoms with Crippen LogP contribution in [0.2, 0.25) is 5.15 Å². The largest absolute Gasteiger partial charge is 0.391 e. The Kier molecular flexibility index (Phi) is 4.28. The number of hydrogen-bond donors (Lipinski definition) is 1. The molecule has 1 aromatic rings. The Morgan fingerprint density at radius 2 is 2.05 bits per heavy atom. The summed E-state index contributed by atoms with van der Waals surface area (Å²) in [5, 5.41) is 10.4. The van der Waals surface area contributed by atoms with Crippen molar-refractivity contribution in [1.82, 2.24) is 14.9 Å². The maximum atomic E-state index is 9.94. The molecule has 2 atom stereocenters. The van der Waals surface area contributed by atoms with E-state index in [4.69, 9.17) is 11.6 Å². The molecular weight excluding hydrogens is 264 g/mol. The van der Waals surface area contributed by atoms with Crippen molar-refractivity contribution >= 4 is 17.4 Å². The van der Waals surface area contributed by atoms with Crippen LogP contribution < -0.4 is 4.90 Å². The summed E-state index contributed by atoms with van der Waals surface area (Å²) in [4.78, 5) is 13.0. The number of anilines is 1. The monoisotopic (exact) mass is 284 g/mol. The fourth-order valence-corrected chi connectivity index (χ4v) is 2.81. The number of halogens is 1. The lowest BCUT2D eigenvalue weighted by Crippen LogP contribution is -2.38. The average Bonchev–Trinajstić information content (AvgIpc) is 2.63. The molecule has 0 spiro atoms. The molecule has 6 heteroatoms. The van der Waals surface area contributed by atoms with E-state index in [9.17, 15) is 5.11 Å². The summed E-state index contributed by atoms with van der Waals surface area (Å²) in [6.07, 6.45) is 0.455. The van der Waals surface area contributed by atoms with Crippen LogP contribution >= 0.6 is 11.6 Å². The third-order valence-electron chi connectivity index (χ3n) is 3.41. The minimum atomic E-state index is -0.307. The van der Waals surface area contributed by atoms with Gasteiger partial charge in [0.1, 0.15) is 16.8 Å². The maximum Gasteiger partial charge on any atom is 0.137 e. The van der Waals surface area contributed by atoms with E-state index in [1.807, 2.05) is 27.9 Å². The zero-order valence-corrected chi connectivity index (χ0v) is 12.6. The molecule has 106 valence electrons. The standard InChI is InChI=1S/C13H21ClN4O/c1-8-12(14)15-9(2)16-13(8)18-7-11(19)5-10(18)6-17(3)4/h10-11,19H,5-7H2,1-4H3. The first-order valence-corrected chi connectivity index (χ1v) is 6.86. The number of hydrogen-bond acceptors (Lipinski definition) is 5. The first-order valence-electron chi connectivity index (χ1n) is 6.48.